The first kappa shape index (κ1) is 16.7. The van der Waals surface area contributed by atoms with Crippen LogP contribution in [-0.4, -0.2) is 12.1 Å². The average molecular weight is 324 g/mol. The second-order valence-corrected chi connectivity index (χ2v) is 4.64. The molecule has 0 radical (unpaired) electrons. The molecule has 0 atom stereocenters. The first-order chi connectivity index (χ1) is 9.97. The summed E-state index contributed by atoms with van der Waals surface area (Å²) in [6.45, 7) is 0. The molecular weight excluding hydrogens is 313 g/mol. The maximum Gasteiger partial charge on any atom is 0.316 e. The fourth-order valence-corrected chi connectivity index (χ4v) is 1.95. The largest absolute Gasteiger partial charge is 0.351 e. The Morgan fingerprint density at radius 1 is 1.14 bits per heavy atom. The van der Waals surface area contributed by atoms with Gasteiger partial charge in [-0.1, -0.05) is 35.3 Å². The summed E-state index contributed by atoms with van der Waals surface area (Å²) >= 11 is 12.0. The molecule has 21 heavy (non-hydrogen) atoms. The fraction of sp³-hybridized carbons (Fsp3) is 0. The first-order valence-corrected chi connectivity index (χ1v) is 6.39. The molecular formula is C14H11Cl2N3O2. The Bertz CT molecular complexity index is 666. The molecule has 108 valence electrons. The van der Waals surface area contributed by atoms with Gasteiger partial charge < -0.3 is 11.1 Å². The number of primary amides is 1. The van der Waals surface area contributed by atoms with Gasteiger partial charge in [-0.25, -0.2) is 15.0 Å². The highest BCUT2D eigenvalue weighted by Crippen LogP contribution is 2.31. The molecule has 0 saturated carbocycles. The molecule has 0 unspecified atom stereocenters. The molecule has 2 aromatic rings. The zero-order chi connectivity index (χ0) is 15.8. The van der Waals surface area contributed by atoms with Crippen molar-refractivity contribution in [3.63, 3.8) is 0 Å². The third-order valence-electron chi connectivity index (χ3n) is 2.39. The van der Waals surface area contributed by atoms with Crippen LogP contribution in [-0.2, 0) is 4.79 Å². The van der Waals surface area contributed by atoms with Crippen LogP contribution in [0.3, 0.4) is 0 Å². The number of anilines is 1. The van der Waals surface area contributed by atoms with E-state index in [1.165, 1.54) is 0 Å². The Hall–Kier alpha value is -2.33. The Balaban J connectivity index is 0.000000677. The highest BCUT2D eigenvalue weighted by Gasteiger charge is 2.06. The molecule has 2 aromatic carbocycles. The van der Waals surface area contributed by atoms with Crippen molar-refractivity contribution >= 4 is 41.0 Å². The van der Waals surface area contributed by atoms with E-state index in [0.717, 1.165) is 17.2 Å². The molecule has 0 aliphatic carbocycles. The van der Waals surface area contributed by atoms with Gasteiger partial charge in [-0.05, 0) is 35.9 Å². The van der Waals surface area contributed by atoms with Gasteiger partial charge in [-0.15, -0.1) is 0 Å². The van der Waals surface area contributed by atoms with Gasteiger partial charge in [-0.2, -0.15) is 0 Å². The van der Waals surface area contributed by atoms with E-state index < -0.39 is 6.03 Å². The summed E-state index contributed by atoms with van der Waals surface area (Å²) in [5.41, 5.74) is 7.38. The van der Waals surface area contributed by atoms with E-state index in [1.54, 1.807) is 30.3 Å². The van der Waals surface area contributed by atoms with Crippen LogP contribution in [0.15, 0.2) is 42.5 Å². The summed E-state index contributed by atoms with van der Waals surface area (Å²) in [5.74, 6) is 0. The van der Waals surface area contributed by atoms with Crippen molar-refractivity contribution in [2.75, 3.05) is 5.32 Å². The van der Waals surface area contributed by atoms with Crippen LogP contribution in [0.5, 0.6) is 0 Å². The van der Waals surface area contributed by atoms with Gasteiger partial charge in [0.05, 0.1) is 0 Å². The number of urea groups is 1. The van der Waals surface area contributed by atoms with Crippen LogP contribution >= 0.6 is 23.2 Å². The number of carbonyl (C=O) groups excluding carboxylic acids is 2. The Labute approximate surface area is 131 Å². The number of isocyanates is 1. The predicted molar refractivity (Wildman–Crippen MR) is 83.5 cm³/mol. The third kappa shape index (κ3) is 5.28. The molecule has 5 nitrogen and oxygen atoms in total. The third-order valence-corrected chi connectivity index (χ3v) is 2.97. The SMILES string of the molecule is N=C=O.NC(=O)Nc1ccc(Cl)c(-c2ccc(Cl)cc2)c1. The van der Waals surface area contributed by atoms with Gasteiger partial charge >= 0.3 is 6.03 Å². The van der Waals surface area contributed by atoms with Gasteiger partial charge in [0.25, 0.3) is 0 Å². The molecule has 0 aromatic heterocycles. The minimum absolute atomic E-state index is 0.590. The minimum Gasteiger partial charge on any atom is -0.351 e. The number of hydrogen-bond donors (Lipinski definition) is 3. The van der Waals surface area contributed by atoms with Crippen molar-refractivity contribution < 1.29 is 9.59 Å². The van der Waals surface area contributed by atoms with E-state index in [2.05, 4.69) is 5.32 Å². The van der Waals surface area contributed by atoms with Crippen molar-refractivity contribution in [1.82, 2.24) is 0 Å². The summed E-state index contributed by atoms with van der Waals surface area (Å²) in [4.78, 5) is 19.2. The lowest BCUT2D eigenvalue weighted by Crippen LogP contribution is -2.19. The topological polar surface area (TPSA) is 96.0 Å². The van der Waals surface area contributed by atoms with Crippen molar-refractivity contribution in [3.8, 4) is 11.1 Å². The molecule has 0 heterocycles. The van der Waals surface area contributed by atoms with Crippen molar-refractivity contribution in [1.29, 1.82) is 5.41 Å². The van der Waals surface area contributed by atoms with Gasteiger partial charge in [0, 0.05) is 21.3 Å². The highest BCUT2D eigenvalue weighted by atomic mass is 35.5. The second kappa shape index (κ2) is 8.07. The Morgan fingerprint density at radius 3 is 2.24 bits per heavy atom. The van der Waals surface area contributed by atoms with E-state index >= 15 is 0 Å². The molecule has 0 fully saturated rings. The minimum atomic E-state index is -0.612. The van der Waals surface area contributed by atoms with Crippen molar-refractivity contribution in [3.05, 3.63) is 52.5 Å². The molecule has 0 saturated heterocycles. The molecule has 2 amide bonds. The van der Waals surface area contributed by atoms with Crippen molar-refractivity contribution in [2.45, 2.75) is 0 Å². The number of halogens is 2. The maximum atomic E-state index is 10.8. The van der Waals surface area contributed by atoms with E-state index in [-0.39, 0.29) is 0 Å². The van der Waals surface area contributed by atoms with Crippen LogP contribution in [0.25, 0.3) is 11.1 Å². The van der Waals surface area contributed by atoms with Crippen LogP contribution in [0, 0.1) is 5.41 Å². The monoisotopic (exact) mass is 323 g/mol. The van der Waals surface area contributed by atoms with Gasteiger partial charge in [0.1, 0.15) is 0 Å². The summed E-state index contributed by atoms with van der Waals surface area (Å²) in [7, 11) is 0. The van der Waals surface area contributed by atoms with E-state index in [0.29, 0.717) is 15.7 Å². The number of nitrogens with one attached hydrogen (secondary N) is 2. The van der Waals surface area contributed by atoms with Gasteiger partial charge in [-0.3, -0.25) is 0 Å². The first-order valence-electron chi connectivity index (χ1n) is 5.63. The lowest BCUT2D eigenvalue weighted by Gasteiger charge is -2.08. The quantitative estimate of drug-likeness (QED) is 0.574. The normalized spacial score (nSPS) is 9.05. The highest BCUT2D eigenvalue weighted by molar-refractivity contribution is 6.33. The molecule has 7 heteroatoms. The van der Waals surface area contributed by atoms with E-state index in [4.69, 9.17) is 39.1 Å². The standard InChI is InChI=1S/C13H10Cl2N2O.CHNO/c14-9-3-1-8(2-4-9)11-7-10(17-13(16)18)5-6-12(11)15;2-1-3/h1-7H,(H3,16,17,18);2H. The Kier molecular flexibility index (Phi) is 6.43. The molecule has 0 bridgehead atoms. The summed E-state index contributed by atoms with van der Waals surface area (Å²) in [6.07, 6.45) is 0.750. The van der Waals surface area contributed by atoms with Crippen LogP contribution in [0.4, 0.5) is 10.5 Å². The zero-order valence-corrected chi connectivity index (χ0v) is 12.2. The van der Waals surface area contributed by atoms with Gasteiger partial charge in [0.2, 0.25) is 6.08 Å². The second-order valence-electron chi connectivity index (χ2n) is 3.79. The summed E-state index contributed by atoms with van der Waals surface area (Å²) in [6, 6.07) is 11.8. The zero-order valence-electron chi connectivity index (χ0n) is 10.7. The number of rotatable bonds is 2. The van der Waals surface area contributed by atoms with Crippen LogP contribution in [0.2, 0.25) is 10.0 Å². The van der Waals surface area contributed by atoms with Crippen LogP contribution < -0.4 is 11.1 Å². The number of benzene rings is 2. The van der Waals surface area contributed by atoms with E-state index in [1.807, 2.05) is 12.1 Å². The van der Waals surface area contributed by atoms with E-state index in [9.17, 15) is 4.79 Å². The molecule has 2 rings (SSSR count). The number of hydrogen-bond acceptors (Lipinski definition) is 3. The summed E-state index contributed by atoms with van der Waals surface area (Å²) < 4.78 is 0. The molecule has 4 N–H and O–H groups in total. The van der Waals surface area contributed by atoms with Crippen molar-refractivity contribution in [2.24, 2.45) is 5.73 Å². The lowest BCUT2D eigenvalue weighted by molar-refractivity contribution is 0.259. The smallest absolute Gasteiger partial charge is 0.316 e. The van der Waals surface area contributed by atoms with Gasteiger partial charge in [0.15, 0.2) is 0 Å². The number of amides is 2. The fourth-order valence-electron chi connectivity index (χ4n) is 1.60. The predicted octanol–water partition coefficient (Wildman–Crippen LogP) is 4.05. The number of carbonyl (C=O) groups is 1. The molecule has 0 spiro atoms. The number of nitrogens with two attached hydrogens (primary N) is 1. The average Bonchev–Trinajstić information content (AvgIpc) is 2.42. The van der Waals surface area contributed by atoms with Crippen LogP contribution in [0.1, 0.15) is 0 Å². The maximum absolute atomic E-state index is 10.8. The lowest BCUT2D eigenvalue weighted by atomic mass is 10.1. The Morgan fingerprint density at radius 2 is 1.71 bits per heavy atom. The summed E-state index contributed by atoms with van der Waals surface area (Å²) in [5, 5.41) is 9.15. The molecule has 0 aliphatic heterocycles. The molecule has 0 aliphatic rings.